The lowest BCUT2D eigenvalue weighted by atomic mass is 9.43. The van der Waals surface area contributed by atoms with Gasteiger partial charge in [0.1, 0.15) is 5.78 Å². The van der Waals surface area contributed by atoms with Crippen LogP contribution in [0.4, 0.5) is 0 Å². The monoisotopic (exact) mass is 570 g/mol. The summed E-state index contributed by atoms with van der Waals surface area (Å²) in [4.78, 5) is 13.0. The second-order valence-electron chi connectivity index (χ2n) is 10.8. The summed E-state index contributed by atoms with van der Waals surface area (Å²) in [5.74, 6) is 0.723. The first-order valence-electron chi connectivity index (χ1n) is 11.7. The highest BCUT2D eigenvalue weighted by molar-refractivity contribution is 14.1. The zero-order chi connectivity index (χ0) is 23.1. The van der Waals surface area contributed by atoms with Gasteiger partial charge in [0.25, 0.3) is 0 Å². The molecule has 0 radical (unpaired) electrons. The molecule has 4 nitrogen and oxygen atoms in total. The summed E-state index contributed by atoms with van der Waals surface area (Å²) < 4.78 is 13.1. The maximum atomic E-state index is 13.0. The van der Waals surface area contributed by atoms with Crippen LogP contribution >= 0.6 is 34.2 Å². The molecule has 1 aromatic carbocycles. The van der Waals surface area contributed by atoms with Crippen LogP contribution in [0, 0.1) is 22.7 Å². The number of ether oxygens (including phenoxy) is 2. The molecule has 4 fully saturated rings. The van der Waals surface area contributed by atoms with Gasteiger partial charge in [-0.25, -0.2) is 0 Å². The first kappa shape index (κ1) is 23.3. The van der Waals surface area contributed by atoms with E-state index < -0.39 is 23.2 Å². The van der Waals surface area contributed by atoms with Crippen molar-refractivity contribution in [2.24, 2.45) is 22.7 Å². The van der Waals surface area contributed by atoms with Crippen LogP contribution in [-0.2, 0) is 14.3 Å². The van der Waals surface area contributed by atoms with Crippen molar-refractivity contribution < 1.29 is 19.4 Å². The quantitative estimate of drug-likeness (QED) is 0.254. The molecule has 32 heavy (non-hydrogen) atoms. The molecule has 1 spiro atoms. The molecule has 1 aromatic rings. The lowest BCUT2D eigenvalue weighted by molar-refractivity contribution is -0.352. The van der Waals surface area contributed by atoms with Crippen molar-refractivity contribution in [2.45, 2.75) is 80.9 Å². The molecule has 1 N–H and O–H groups in total. The molecule has 1 saturated heterocycles. The smallest absolute Gasteiger partial charge is 0.184 e. The number of benzene rings is 1. The van der Waals surface area contributed by atoms with E-state index >= 15 is 0 Å². The first-order chi connectivity index (χ1) is 15.0. The van der Waals surface area contributed by atoms with Gasteiger partial charge in [0.15, 0.2) is 6.29 Å². The number of rotatable bonds is 1. The molecule has 0 aromatic heterocycles. The van der Waals surface area contributed by atoms with E-state index in [-0.39, 0.29) is 27.5 Å². The van der Waals surface area contributed by atoms with Crippen LogP contribution in [0.1, 0.15) is 64.7 Å². The number of fused-ring (bicyclic) bond motifs is 2. The molecule has 0 bridgehead atoms. The molecule has 4 aliphatic rings. The molecule has 8 atom stereocenters. The van der Waals surface area contributed by atoms with E-state index in [1.54, 1.807) is 0 Å². The number of aliphatic hydroxyl groups excluding tert-OH is 1. The maximum absolute atomic E-state index is 13.0. The average molecular weight is 571 g/mol. The van der Waals surface area contributed by atoms with Crippen molar-refractivity contribution in [3.63, 3.8) is 0 Å². The number of alkyl halides is 1. The zero-order valence-corrected chi connectivity index (χ0v) is 21.9. The van der Waals surface area contributed by atoms with Gasteiger partial charge in [-0.1, -0.05) is 66.8 Å². The number of halogens is 2. The topological polar surface area (TPSA) is 55.8 Å². The molecule has 174 valence electrons. The summed E-state index contributed by atoms with van der Waals surface area (Å²) in [6.45, 7) is 10.5. The number of carbonyl (C=O) groups excluding carboxylic acids is 1. The highest BCUT2D eigenvalue weighted by Crippen LogP contribution is 2.69. The maximum Gasteiger partial charge on any atom is 0.184 e. The normalized spacial score (nSPS) is 45.6. The molecule has 0 amide bonds. The fourth-order valence-corrected chi connectivity index (χ4v) is 9.72. The van der Waals surface area contributed by atoms with Crippen LogP contribution in [-0.4, -0.2) is 32.6 Å². The summed E-state index contributed by atoms with van der Waals surface area (Å²) in [6.07, 6.45) is 2.30. The fraction of sp³-hybridized carbons (Fsp3) is 0.654. The zero-order valence-electron chi connectivity index (χ0n) is 18.9. The molecular weight excluding hydrogens is 539 g/mol. The number of hydrogen-bond donors (Lipinski definition) is 1. The first-order valence-corrected chi connectivity index (χ1v) is 13.1. The lowest BCUT2D eigenvalue weighted by Crippen LogP contribution is -2.73. The summed E-state index contributed by atoms with van der Waals surface area (Å²) in [5, 5.41) is 12.3. The van der Waals surface area contributed by atoms with Gasteiger partial charge in [0.2, 0.25) is 0 Å². The lowest BCUT2D eigenvalue weighted by Gasteiger charge is -2.69. The van der Waals surface area contributed by atoms with Gasteiger partial charge < -0.3 is 14.6 Å². The van der Waals surface area contributed by atoms with Crippen molar-refractivity contribution in [1.29, 1.82) is 0 Å². The Hall–Kier alpha value is -0.470. The van der Waals surface area contributed by atoms with E-state index in [2.05, 4.69) is 49.9 Å². The van der Waals surface area contributed by atoms with E-state index in [1.807, 2.05) is 24.3 Å². The third kappa shape index (κ3) is 3.07. The highest BCUT2D eigenvalue weighted by Gasteiger charge is 2.72. The summed E-state index contributed by atoms with van der Waals surface area (Å²) in [5.41, 5.74) is 0.819. The van der Waals surface area contributed by atoms with Crippen molar-refractivity contribution in [1.82, 2.24) is 0 Å². The van der Waals surface area contributed by atoms with E-state index in [9.17, 15) is 9.90 Å². The molecular formula is C26H32ClIO4. The number of Topliss-reactive ketones (excluding diaryl/α,β-unsaturated/α-hetero) is 1. The molecule has 6 heteroatoms. The SMILES string of the molecule is C=C1CCC2C3(I)CCC(=O)C(C)(C)C3CC3OC(c4ccc(Cl)cc4)OC(C)C32C1O. The predicted molar refractivity (Wildman–Crippen MR) is 133 cm³/mol. The van der Waals surface area contributed by atoms with Gasteiger partial charge in [-0.15, -0.1) is 0 Å². The van der Waals surface area contributed by atoms with Crippen LogP contribution in [0.5, 0.6) is 0 Å². The number of aliphatic hydroxyl groups is 1. The minimum atomic E-state index is -0.680. The van der Waals surface area contributed by atoms with Gasteiger partial charge in [-0.05, 0) is 62.1 Å². The molecule has 8 unspecified atom stereocenters. The van der Waals surface area contributed by atoms with Crippen LogP contribution in [0.3, 0.4) is 0 Å². The Morgan fingerprint density at radius 1 is 1.16 bits per heavy atom. The number of ketones is 1. The Balaban J connectivity index is 1.61. The van der Waals surface area contributed by atoms with Gasteiger partial charge in [0.05, 0.1) is 23.7 Å². The van der Waals surface area contributed by atoms with Crippen LogP contribution in [0.15, 0.2) is 36.4 Å². The standard InChI is InChI=1S/C26H32ClIO4/c1-14-5-10-18-25(28)12-11-20(29)24(3,4)19(25)13-21-26(18,22(14)30)15(2)31-23(32-21)16-6-8-17(27)9-7-16/h6-9,15,18-19,21-23,30H,1,5,10-13H2,2-4H3. The van der Waals surface area contributed by atoms with Crippen molar-refractivity contribution in [2.75, 3.05) is 0 Å². The average Bonchev–Trinajstić information content (AvgIpc) is 2.74. The van der Waals surface area contributed by atoms with Crippen LogP contribution in [0.25, 0.3) is 0 Å². The Morgan fingerprint density at radius 3 is 2.53 bits per heavy atom. The van der Waals surface area contributed by atoms with E-state index in [4.69, 9.17) is 21.1 Å². The van der Waals surface area contributed by atoms with Gasteiger partial charge >= 0.3 is 0 Å². The van der Waals surface area contributed by atoms with Crippen molar-refractivity contribution in [3.8, 4) is 0 Å². The minimum absolute atomic E-state index is 0.0819. The second kappa shape index (κ2) is 7.77. The second-order valence-corrected chi connectivity index (χ2v) is 13.2. The van der Waals surface area contributed by atoms with E-state index in [1.165, 1.54) is 0 Å². The molecule has 1 heterocycles. The summed E-state index contributed by atoms with van der Waals surface area (Å²) in [6, 6.07) is 7.56. The Morgan fingerprint density at radius 2 is 1.84 bits per heavy atom. The molecule has 3 aliphatic carbocycles. The predicted octanol–water partition coefficient (Wildman–Crippen LogP) is 6.04. The fourth-order valence-electron chi connectivity index (χ4n) is 7.44. The van der Waals surface area contributed by atoms with Gasteiger partial charge in [-0.3, -0.25) is 4.79 Å². The van der Waals surface area contributed by atoms with Gasteiger partial charge in [-0.2, -0.15) is 0 Å². The summed E-state index contributed by atoms with van der Waals surface area (Å²) in [7, 11) is 0. The van der Waals surface area contributed by atoms with Crippen LogP contribution in [0.2, 0.25) is 5.02 Å². The van der Waals surface area contributed by atoms with Crippen molar-refractivity contribution >= 4 is 40.0 Å². The Bertz CT molecular complexity index is 946. The molecule has 3 saturated carbocycles. The van der Waals surface area contributed by atoms with E-state index in [0.717, 1.165) is 36.8 Å². The third-order valence-electron chi connectivity index (χ3n) is 9.17. The summed E-state index contributed by atoms with van der Waals surface area (Å²) >= 11 is 8.74. The van der Waals surface area contributed by atoms with Crippen molar-refractivity contribution in [3.05, 3.63) is 47.0 Å². The molecule has 1 aliphatic heterocycles. The number of carbonyl (C=O) groups is 1. The highest BCUT2D eigenvalue weighted by atomic mass is 127. The van der Waals surface area contributed by atoms with Crippen LogP contribution < -0.4 is 0 Å². The Kier molecular flexibility index (Phi) is 5.65. The Labute approximate surface area is 209 Å². The third-order valence-corrected chi connectivity index (χ3v) is 11.5. The van der Waals surface area contributed by atoms with Gasteiger partial charge in [0, 0.05) is 25.8 Å². The molecule has 5 rings (SSSR count). The number of hydrogen-bond acceptors (Lipinski definition) is 4. The minimum Gasteiger partial charge on any atom is -0.388 e. The van der Waals surface area contributed by atoms with E-state index in [0.29, 0.717) is 17.2 Å². The largest absolute Gasteiger partial charge is 0.388 e.